The van der Waals surface area contributed by atoms with Crippen molar-refractivity contribution in [2.45, 2.75) is 55.3 Å². The molecule has 37 heavy (non-hydrogen) atoms. The first kappa shape index (κ1) is 30.4. The lowest BCUT2D eigenvalue weighted by Gasteiger charge is -2.30. The number of halogens is 5. The minimum Gasteiger partial charge on any atom is -0.468 e. The molecule has 1 aromatic carbocycles. The normalized spacial score (nSPS) is 13.2. The molecule has 1 heterocycles. The molecule has 0 aliphatic heterocycles. The second kappa shape index (κ2) is 12.2. The molecule has 0 fully saturated rings. The van der Waals surface area contributed by atoms with E-state index in [1.54, 1.807) is 13.8 Å². The summed E-state index contributed by atoms with van der Waals surface area (Å²) in [5, 5.41) is -0.191. The summed E-state index contributed by atoms with van der Waals surface area (Å²) >= 11 is 7.06. The second-order valence-electron chi connectivity index (χ2n) is 7.92. The number of esters is 2. The van der Waals surface area contributed by atoms with E-state index >= 15 is 0 Å². The summed E-state index contributed by atoms with van der Waals surface area (Å²) in [7, 11) is 1.95. The zero-order chi connectivity index (χ0) is 28.1. The van der Waals surface area contributed by atoms with Crippen LogP contribution in [-0.2, 0) is 32.3 Å². The fourth-order valence-corrected chi connectivity index (χ4v) is 5.39. The van der Waals surface area contributed by atoms with Crippen LogP contribution in [0.2, 0.25) is 5.02 Å². The number of hydrogen-bond donors (Lipinski definition) is 0. The van der Waals surface area contributed by atoms with Crippen LogP contribution in [0, 0.1) is 5.82 Å². The van der Waals surface area contributed by atoms with Crippen molar-refractivity contribution >= 4 is 35.3 Å². The molecule has 1 atom stereocenters. The highest BCUT2D eigenvalue weighted by molar-refractivity contribution is 8.01. The molecule has 1 unspecified atom stereocenters. The molecule has 0 aliphatic carbocycles. The van der Waals surface area contributed by atoms with E-state index in [1.165, 1.54) is 0 Å². The summed E-state index contributed by atoms with van der Waals surface area (Å²) < 4.78 is 63.5. The van der Waals surface area contributed by atoms with E-state index in [0.29, 0.717) is 6.42 Å². The van der Waals surface area contributed by atoms with Crippen LogP contribution in [0.1, 0.15) is 45.2 Å². The van der Waals surface area contributed by atoms with E-state index in [0.717, 1.165) is 38.1 Å². The van der Waals surface area contributed by atoms with Crippen molar-refractivity contribution in [2.75, 3.05) is 13.7 Å². The number of rotatable bonds is 10. The third kappa shape index (κ3) is 6.75. The van der Waals surface area contributed by atoms with Crippen molar-refractivity contribution in [1.82, 2.24) is 9.13 Å². The number of carbonyl (C=O) groups is 2. The Kier molecular flexibility index (Phi) is 10.0. The minimum absolute atomic E-state index is 0.0367. The highest BCUT2D eigenvalue weighted by Gasteiger charge is 2.41. The van der Waals surface area contributed by atoms with Gasteiger partial charge in [0, 0.05) is 24.4 Å². The van der Waals surface area contributed by atoms with Crippen LogP contribution in [0.15, 0.2) is 32.7 Å². The van der Waals surface area contributed by atoms with Crippen molar-refractivity contribution in [2.24, 2.45) is 7.05 Å². The molecule has 14 heteroatoms. The number of aromatic nitrogens is 2. The van der Waals surface area contributed by atoms with Crippen LogP contribution >= 0.6 is 23.4 Å². The second-order valence-corrected chi connectivity index (χ2v) is 9.75. The van der Waals surface area contributed by atoms with Crippen molar-refractivity contribution in [1.29, 1.82) is 0 Å². The lowest BCUT2D eigenvalue weighted by Crippen LogP contribution is -2.41. The Balaban J connectivity index is 2.69. The lowest BCUT2D eigenvalue weighted by atomic mass is 9.97. The largest absolute Gasteiger partial charge is 0.468 e. The molecule has 0 spiro atoms. The van der Waals surface area contributed by atoms with Gasteiger partial charge in [-0.15, -0.1) is 11.8 Å². The van der Waals surface area contributed by atoms with E-state index < -0.39 is 51.3 Å². The molecule has 8 nitrogen and oxygen atoms in total. The molecule has 1 aromatic heterocycles. The summed E-state index contributed by atoms with van der Waals surface area (Å²) in [6, 6.07) is 1.95. The predicted octanol–water partition coefficient (Wildman–Crippen LogP) is 4.49. The van der Waals surface area contributed by atoms with Gasteiger partial charge in [0.1, 0.15) is 16.3 Å². The first-order valence-electron chi connectivity index (χ1n) is 11.0. The maximum Gasteiger partial charge on any atom is 0.431 e. The fourth-order valence-electron chi connectivity index (χ4n) is 3.70. The molecule has 2 aromatic rings. The van der Waals surface area contributed by atoms with Crippen molar-refractivity contribution in [3.05, 3.63) is 55.6 Å². The van der Waals surface area contributed by atoms with Gasteiger partial charge in [-0.2, -0.15) is 13.2 Å². The van der Waals surface area contributed by atoms with Gasteiger partial charge in [-0.1, -0.05) is 24.9 Å². The molecule has 0 amide bonds. The van der Waals surface area contributed by atoms with E-state index in [9.17, 15) is 36.7 Å². The van der Waals surface area contributed by atoms with Crippen LogP contribution in [-0.4, -0.2) is 39.5 Å². The molecule has 2 rings (SSSR count). The van der Waals surface area contributed by atoms with Crippen molar-refractivity contribution in [3.63, 3.8) is 0 Å². The van der Waals surface area contributed by atoms with Gasteiger partial charge < -0.3 is 9.47 Å². The molecule has 0 bridgehead atoms. The number of benzene rings is 1. The first-order chi connectivity index (χ1) is 17.2. The zero-order valence-electron chi connectivity index (χ0n) is 20.4. The van der Waals surface area contributed by atoms with E-state index in [-0.39, 0.29) is 51.0 Å². The number of hydrogen-bond acceptors (Lipinski definition) is 7. The molecule has 0 aliphatic rings. The Morgan fingerprint density at radius 3 is 2.30 bits per heavy atom. The van der Waals surface area contributed by atoms with Gasteiger partial charge in [-0.3, -0.25) is 19.0 Å². The van der Waals surface area contributed by atoms with Crippen LogP contribution in [0.5, 0.6) is 0 Å². The smallest absolute Gasteiger partial charge is 0.431 e. The molecule has 204 valence electrons. The summed E-state index contributed by atoms with van der Waals surface area (Å²) in [5.41, 5.74) is -5.02. The number of alkyl halides is 3. The highest BCUT2D eigenvalue weighted by Crippen LogP contribution is 2.45. The van der Waals surface area contributed by atoms with Gasteiger partial charge in [0.15, 0.2) is 0 Å². The van der Waals surface area contributed by atoms with Crippen LogP contribution in [0.3, 0.4) is 0 Å². The Morgan fingerprint density at radius 1 is 1.11 bits per heavy atom. The molecular formula is C23H25ClF4N2O6S. The Morgan fingerprint density at radius 2 is 1.76 bits per heavy atom. The van der Waals surface area contributed by atoms with E-state index in [2.05, 4.69) is 0 Å². The highest BCUT2D eigenvalue weighted by atomic mass is 35.5. The van der Waals surface area contributed by atoms with Gasteiger partial charge in [0.05, 0.1) is 24.4 Å². The Labute approximate surface area is 218 Å². The average molecular weight is 569 g/mol. The third-order valence-corrected chi connectivity index (χ3v) is 7.36. The van der Waals surface area contributed by atoms with Crippen molar-refractivity contribution in [3.8, 4) is 5.69 Å². The van der Waals surface area contributed by atoms with Gasteiger partial charge >= 0.3 is 23.8 Å². The SMILES string of the molecule is CCCC(CCC(=O)OCC)(Sc1cc(-n2c(=O)cc(C(F)(F)F)n(C)c2=O)c(F)cc1Cl)C(=O)OC. The maximum absolute atomic E-state index is 14.9. The van der Waals surface area contributed by atoms with Crippen LogP contribution in [0.25, 0.3) is 5.69 Å². The number of methoxy groups -OCH3 is 1. The monoisotopic (exact) mass is 568 g/mol. The molecule has 0 saturated carbocycles. The van der Waals surface area contributed by atoms with Crippen LogP contribution in [0.4, 0.5) is 17.6 Å². The fraction of sp³-hybridized carbons (Fsp3) is 0.478. The minimum atomic E-state index is -5.00. The molecule has 0 radical (unpaired) electrons. The number of nitrogens with zero attached hydrogens (tertiary/aromatic N) is 2. The summed E-state index contributed by atoms with van der Waals surface area (Å²) in [6.07, 6.45) is -4.52. The first-order valence-corrected chi connectivity index (χ1v) is 12.2. The molecule has 0 saturated heterocycles. The average Bonchev–Trinajstić information content (AvgIpc) is 2.81. The maximum atomic E-state index is 14.9. The van der Waals surface area contributed by atoms with Gasteiger partial charge in [0.25, 0.3) is 5.56 Å². The van der Waals surface area contributed by atoms with Gasteiger partial charge in [0.2, 0.25) is 0 Å². The Hall–Kier alpha value is -2.80. The van der Waals surface area contributed by atoms with Crippen molar-refractivity contribution < 1.29 is 36.6 Å². The predicted molar refractivity (Wildman–Crippen MR) is 129 cm³/mol. The quantitative estimate of drug-likeness (QED) is 0.237. The zero-order valence-corrected chi connectivity index (χ0v) is 22.0. The number of ether oxygens (including phenoxy) is 2. The summed E-state index contributed by atoms with van der Waals surface area (Å²) in [4.78, 5) is 50.1. The molecule has 0 N–H and O–H groups in total. The molecular weight excluding hydrogens is 544 g/mol. The number of carbonyl (C=O) groups excluding carboxylic acids is 2. The Bertz CT molecular complexity index is 1290. The van der Waals surface area contributed by atoms with Gasteiger partial charge in [-0.25, -0.2) is 13.8 Å². The summed E-state index contributed by atoms with van der Waals surface area (Å²) in [5.74, 6) is -2.41. The van der Waals surface area contributed by atoms with E-state index in [1.807, 2.05) is 0 Å². The topological polar surface area (TPSA) is 96.6 Å². The van der Waals surface area contributed by atoms with E-state index in [4.69, 9.17) is 21.1 Å². The standard InChI is InChI=1S/C23H25ClF4N2O6S/c1-5-8-22(20(33)35-4,9-7-19(32)36-6-2)37-16-11-15(14(25)10-13(16)24)30-18(31)12-17(23(26,27)28)29(3)21(30)34/h10-12H,5-9H2,1-4H3. The summed E-state index contributed by atoms with van der Waals surface area (Å²) in [6.45, 7) is 3.54. The van der Waals surface area contributed by atoms with Crippen LogP contribution < -0.4 is 11.2 Å². The lowest BCUT2D eigenvalue weighted by molar-refractivity contribution is -0.146. The number of thioether (sulfide) groups is 1. The van der Waals surface area contributed by atoms with Gasteiger partial charge in [-0.05, 0) is 31.9 Å². The third-order valence-electron chi connectivity index (χ3n) is 5.41.